The van der Waals surface area contributed by atoms with Crippen molar-refractivity contribution in [1.29, 1.82) is 0 Å². The van der Waals surface area contributed by atoms with Gasteiger partial charge in [0, 0.05) is 37.4 Å². The molecule has 10 rings (SSSR count). The zero-order chi connectivity index (χ0) is 46.4. The van der Waals surface area contributed by atoms with Gasteiger partial charge in [0.05, 0.1) is 16.4 Å². The summed E-state index contributed by atoms with van der Waals surface area (Å²) in [5.41, 5.74) is 23.8. The van der Waals surface area contributed by atoms with Crippen molar-refractivity contribution < 1.29 is 0 Å². The lowest BCUT2D eigenvalue weighted by Gasteiger charge is -2.45. The molecular weight excluding hydrogens is 824 g/mol. The van der Waals surface area contributed by atoms with Gasteiger partial charge >= 0.3 is 0 Å². The zero-order valence-corrected chi connectivity index (χ0v) is 43.2. The van der Waals surface area contributed by atoms with E-state index in [4.69, 9.17) is 0 Å². The van der Waals surface area contributed by atoms with Crippen molar-refractivity contribution in [2.45, 2.75) is 132 Å². The molecule has 2 aliphatic heterocycles. The van der Waals surface area contributed by atoms with Crippen LogP contribution in [0, 0.1) is 27.7 Å². The first-order chi connectivity index (χ1) is 30.4. The van der Waals surface area contributed by atoms with Gasteiger partial charge < -0.3 is 9.80 Å². The molecule has 6 aromatic carbocycles. The van der Waals surface area contributed by atoms with Gasteiger partial charge in [-0.05, 0) is 157 Å². The van der Waals surface area contributed by atoms with E-state index < -0.39 is 0 Å². The number of rotatable bonds is 3. The summed E-state index contributed by atoms with van der Waals surface area (Å²) < 4.78 is 2.67. The molecule has 0 saturated heterocycles. The van der Waals surface area contributed by atoms with Crippen molar-refractivity contribution in [2.24, 2.45) is 0 Å². The van der Waals surface area contributed by atoms with E-state index in [1.807, 2.05) is 22.7 Å². The van der Waals surface area contributed by atoms with Crippen molar-refractivity contribution in [3.8, 4) is 11.1 Å². The van der Waals surface area contributed by atoms with Crippen LogP contribution in [0.4, 0.5) is 33.4 Å². The lowest BCUT2D eigenvalue weighted by atomic mass is 9.33. The highest BCUT2D eigenvalue weighted by Crippen LogP contribution is 2.52. The number of fused-ring (bicyclic) bond motifs is 7. The molecule has 8 aromatic rings. The molecule has 2 aliphatic rings. The van der Waals surface area contributed by atoms with Crippen LogP contribution in [0.3, 0.4) is 0 Å². The first-order valence-electron chi connectivity index (χ1n) is 23.6. The van der Waals surface area contributed by atoms with Gasteiger partial charge in [0.25, 0.3) is 6.71 Å². The Morgan fingerprint density at radius 3 is 1.54 bits per heavy atom. The van der Waals surface area contributed by atoms with Gasteiger partial charge in [-0.3, -0.25) is 0 Å². The van der Waals surface area contributed by atoms with E-state index in [1.165, 1.54) is 126 Å². The minimum absolute atomic E-state index is 0.00571. The fourth-order valence-corrected chi connectivity index (χ4v) is 12.9. The average Bonchev–Trinajstić information content (AvgIpc) is 3.82. The maximum atomic E-state index is 2.70. The Labute approximate surface area is 397 Å². The molecule has 0 aliphatic carbocycles. The molecule has 0 bridgehead atoms. The van der Waals surface area contributed by atoms with Gasteiger partial charge in [0.15, 0.2) is 0 Å². The van der Waals surface area contributed by atoms with Gasteiger partial charge in [-0.1, -0.05) is 150 Å². The quantitative estimate of drug-likeness (QED) is 0.163. The Balaban J connectivity index is 1.38. The smallest absolute Gasteiger partial charge is 0.254 e. The van der Waals surface area contributed by atoms with Crippen LogP contribution in [0.1, 0.15) is 128 Å². The summed E-state index contributed by atoms with van der Waals surface area (Å²) in [6, 6.07) is 38.6. The second-order valence-electron chi connectivity index (χ2n) is 23.4. The van der Waals surface area contributed by atoms with Crippen LogP contribution >= 0.6 is 22.7 Å². The van der Waals surface area contributed by atoms with Crippen LogP contribution in [0.25, 0.3) is 31.3 Å². The molecule has 5 heteroatoms. The number of anilines is 6. The molecule has 0 atom stereocenters. The topological polar surface area (TPSA) is 6.48 Å². The van der Waals surface area contributed by atoms with Crippen LogP contribution in [-0.2, 0) is 21.7 Å². The molecule has 0 N–H and O–H groups in total. The molecule has 0 saturated carbocycles. The zero-order valence-electron chi connectivity index (χ0n) is 41.6. The van der Waals surface area contributed by atoms with Crippen LogP contribution in [0.5, 0.6) is 0 Å². The first-order valence-corrected chi connectivity index (χ1v) is 25.3. The summed E-state index contributed by atoms with van der Waals surface area (Å²) in [4.78, 5) is 5.39. The van der Waals surface area contributed by atoms with E-state index in [0.29, 0.717) is 0 Å². The third-order valence-electron chi connectivity index (χ3n) is 14.4. The normalized spacial score (nSPS) is 14.1. The van der Waals surface area contributed by atoms with Gasteiger partial charge in [-0.25, -0.2) is 0 Å². The van der Waals surface area contributed by atoms with E-state index in [1.54, 1.807) is 0 Å². The molecule has 0 radical (unpaired) electrons. The van der Waals surface area contributed by atoms with E-state index >= 15 is 0 Å². The molecule has 2 aromatic heterocycles. The number of benzene rings is 6. The molecule has 0 amide bonds. The van der Waals surface area contributed by atoms with Gasteiger partial charge in [0.2, 0.25) is 0 Å². The number of hydrogen-bond acceptors (Lipinski definition) is 4. The highest BCUT2D eigenvalue weighted by atomic mass is 32.1. The van der Waals surface area contributed by atoms with Crippen molar-refractivity contribution in [3.05, 3.63) is 147 Å². The fraction of sp³-hybridized carbons (Fsp3) is 0.333. The molecule has 2 nitrogen and oxygen atoms in total. The Morgan fingerprint density at radius 2 is 0.969 bits per heavy atom. The second-order valence-corrected chi connectivity index (χ2v) is 25.3. The number of hydrogen-bond donors (Lipinski definition) is 0. The number of nitrogens with zero attached hydrogens (tertiary/aromatic N) is 2. The molecule has 0 fully saturated rings. The van der Waals surface area contributed by atoms with Crippen molar-refractivity contribution in [1.82, 2.24) is 0 Å². The summed E-state index contributed by atoms with van der Waals surface area (Å²) in [6.45, 7) is 37.6. The van der Waals surface area contributed by atoms with Crippen molar-refractivity contribution >= 4 is 99.4 Å². The Bertz CT molecular complexity index is 3210. The Kier molecular flexibility index (Phi) is 9.90. The monoisotopic (exact) mass is 888 g/mol. The molecule has 4 heterocycles. The lowest BCUT2D eigenvalue weighted by Crippen LogP contribution is -2.61. The van der Waals surface area contributed by atoms with Crippen LogP contribution < -0.4 is 26.2 Å². The summed E-state index contributed by atoms with van der Waals surface area (Å²) >= 11 is 3.81. The Hall–Kier alpha value is -5.10. The van der Waals surface area contributed by atoms with E-state index in [0.717, 1.165) is 0 Å². The summed E-state index contributed by atoms with van der Waals surface area (Å²) in [7, 11) is 0. The SMILES string of the molecule is Cc1cc(C(C)(C)C)cc(C)c1N1c2cc(-c3csc4ccccc34)ccc2B2c3c1cc(C(C)(C)C)cc3N(c1c(C)cc(C(C)(C)C)cc1C)c1sc3ccc(C(C)(C)C)cc3c12. The van der Waals surface area contributed by atoms with Gasteiger partial charge in [-0.15, -0.1) is 22.7 Å². The highest BCUT2D eigenvalue weighted by molar-refractivity contribution is 7.26. The predicted octanol–water partition coefficient (Wildman–Crippen LogP) is 16.3. The largest absolute Gasteiger partial charge is 0.311 e. The average molecular weight is 889 g/mol. The Morgan fingerprint density at radius 1 is 0.446 bits per heavy atom. The molecule has 65 heavy (non-hydrogen) atoms. The molecular formula is C60H65BN2S2. The summed E-state index contributed by atoms with van der Waals surface area (Å²) in [5.74, 6) is 0. The van der Waals surface area contributed by atoms with Crippen molar-refractivity contribution in [3.63, 3.8) is 0 Å². The van der Waals surface area contributed by atoms with Crippen LogP contribution in [-0.4, -0.2) is 6.71 Å². The van der Waals surface area contributed by atoms with Gasteiger partial charge in [-0.2, -0.15) is 0 Å². The molecule has 330 valence electrons. The molecule has 0 unspecified atom stereocenters. The van der Waals surface area contributed by atoms with E-state index in [-0.39, 0.29) is 28.4 Å². The fourth-order valence-electron chi connectivity index (χ4n) is 10.7. The second kappa shape index (κ2) is 14.7. The molecule has 0 spiro atoms. The van der Waals surface area contributed by atoms with Gasteiger partial charge in [0.1, 0.15) is 0 Å². The minimum atomic E-state index is -0.113. The lowest BCUT2D eigenvalue weighted by molar-refractivity contribution is 0.589. The standard InChI is InChI=1S/C60H65BN2S2/c1-34-25-40(58(8,9)10)26-35(2)54(34)62-47-29-38(45-33-64-50-20-18-17-19-43(45)50)21-23-46(47)61-52-44-30-39(57(5,6)7)22-24-51(44)65-56(52)63(49-32-42(60(14,15)16)31-48(62)53(49)61)55-36(3)27-41(28-37(55)4)59(11,12)13/h17-33H,1-16H3. The van der Waals surface area contributed by atoms with E-state index in [9.17, 15) is 0 Å². The highest BCUT2D eigenvalue weighted by Gasteiger charge is 2.47. The van der Waals surface area contributed by atoms with E-state index in [2.05, 4.69) is 223 Å². The first kappa shape index (κ1) is 43.8. The third kappa shape index (κ3) is 7.01. The summed E-state index contributed by atoms with van der Waals surface area (Å²) in [6.07, 6.45) is 0. The summed E-state index contributed by atoms with van der Waals surface area (Å²) in [5, 5.41) is 6.39. The predicted molar refractivity (Wildman–Crippen MR) is 290 cm³/mol. The maximum absolute atomic E-state index is 2.70. The van der Waals surface area contributed by atoms with Crippen molar-refractivity contribution in [2.75, 3.05) is 9.80 Å². The number of aryl methyl sites for hydroxylation is 4. The maximum Gasteiger partial charge on any atom is 0.254 e. The minimum Gasteiger partial charge on any atom is -0.311 e. The van der Waals surface area contributed by atoms with Crippen LogP contribution in [0.2, 0.25) is 0 Å². The number of thiophene rings is 2. The third-order valence-corrected chi connectivity index (χ3v) is 16.5. The van der Waals surface area contributed by atoms with Crippen LogP contribution in [0.15, 0.2) is 102 Å².